The van der Waals surface area contributed by atoms with Crippen LogP contribution in [0.1, 0.15) is 36.7 Å². The van der Waals surface area contributed by atoms with Crippen LogP contribution in [0.4, 0.5) is 4.39 Å². The summed E-state index contributed by atoms with van der Waals surface area (Å²) in [4.78, 5) is 23.9. The van der Waals surface area contributed by atoms with E-state index < -0.39 is 35.2 Å². The third kappa shape index (κ3) is 5.52. The average Bonchev–Trinajstić information content (AvgIpc) is 2.59. The predicted molar refractivity (Wildman–Crippen MR) is 87.9 cm³/mol. The van der Waals surface area contributed by atoms with Crippen molar-refractivity contribution in [2.75, 3.05) is 13.2 Å². The maximum absolute atomic E-state index is 13.7. The highest BCUT2D eigenvalue weighted by molar-refractivity contribution is 5.95. The Morgan fingerprint density at radius 1 is 1.40 bits per heavy atom. The van der Waals surface area contributed by atoms with E-state index in [9.17, 15) is 19.1 Å². The molecule has 0 bridgehead atoms. The number of halogens is 1. The van der Waals surface area contributed by atoms with Crippen LogP contribution in [-0.2, 0) is 4.79 Å². The first kappa shape index (κ1) is 20.5. The maximum Gasteiger partial charge on any atom is 0.254 e. The molecule has 0 aromatic heterocycles. The van der Waals surface area contributed by atoms with Crippen LogP contribution in [0.15, 0.2) is 18.2 Å². The van der Waals surface area contributed by atoms with Gasteiger partial charge in [0.25, 0.3) is 5.91 Å². The zero-order chi connectivity index (χ0) is 19.2. The Hall–Kier alpha value is -2.50. The standard InChI is InChI=1S/C17H22FN3O4/c1-10(8-20-16(25)14(23)17(2,3)9-22)21-15(24)12-6-11(7-19)4-5-13(12)18/h4-6,10,14,22-23H,8-9H2,1-3H3,(H,20,25)(H,21,24)/t10-,14?/m0/s1. The van der Waals surface area contributed by atoms with Gasteiger partial charge in [0, 0.05) is 18.0 Å². The first-order valence-electron chi connectivity index (χ1n) is 7.69. The molecule has 136 valence electrons. The molecule has 4 N–H and O–H groups in total. The average molecular weight is 351 g/mol. The Kier molecular flexibility index (Phi) is 7.03. The van der Waals surface area contributed by atoms with E-state index in [1.165, 1.54) is 19.9 Å². The van der Waals surface area contributed by atoms with Crippen molar-refractivity contribution in [2.24, 2.45) is 5.41 Å². The maximum atomic E-state index is 13.7. The van der Waals surface area contributed by atoms with Crippen LogP contribution >= 0.6 is 0 Å². The summed E-state index contributed by atoms with van der Waals surface area (Å²) >= 11 is 0. The number of carbonyl (C=O) groups excluding carboxylic acids is 2. The molecule has 1 aromatic rings. The monoisotopic (exact) mass is 351 g/mol. The number of rotatable bonds is 7. The zero-order valence-corrected chi connectivity index (χ0v) is 14.3. The number of hydrogen-bond donors (Lipinski definition) is 4. The molecule has 2 atom stereocenters. The lowest BCUT2D eigenvalue weighted by Crippen LogP contribution is -2.49. The smallest absolute Gasteiger partial charge is 0.254 e. The van der Waals surface area contributed by atoms with Crippen molar-refractivity contribution < 1.29 is 24.2 Å². The molecule has 0 saturated carbocycles. The molecule has 8 heteroatoms. The van der Waals surface area contributed by atoms with Gasteiger partial charge in [0.2, 0.25) is 5.91 Å². The van der Waals surface area contributed by atoms with E-state index in [-0.39, 0.29) is 24.3 Å². The van der Waals surface area contributed by atoms with Crippen LogP contribution in [0.2, 0.25) is 0 Å². The first-order chi connectivity index (χ1) is 11.6. The number of nitrogens with zero attached hydrogens (tertiary/aromatic N) is 1. The highest BCUT2D eigenvalue weighted by atomic mass is 19.1. The van der Waals surface area contributed by atoms with Crippen molar-refractivity contribution in [3.05, 3.63) is 35.1 Å². The topological polar surface area (TPSA) is 122 Å². The summed E-state index contributed by atoms with van der Waals surface area (Å²) in [6.45, 7) is 4.29. The van der Waals surface area contributed by atoms with E-state index in [1.54, 1.807) is 6.92 Å². The fourth-order valence-corrected chi connectivity index (χ4v) is 1.91. The number of amides is 2. The number of nitriles is 1. The largest absolute Gasteiger partial charge is 0.396 e. The van der Waals surface area contributed by atoms with E-state index in [4.69, 9.17) is 10.4 Å². The van der Waals surface area contributed by atoms with Gasteiger partial charge in [-0.2, -0.15) is 5.26 Å². The summed E-state index contributed by atoms with van der Waals surface area (Å²) in [5.41, 5.74) is -1.11. The highest BCUT2D eigenvalue weighted by Crippen LogP contribution is 2.19. The van der Waals surface area contributed by atoms with Crippen molar-refractivity contribution in [3.8, 4) is 6.07 Å². The quantitative estimate of drug-likeness (QED) is 0.563. The number of carbonyl (C=O) groups is 2. The third-order valence-corrected chi connectivity index (χ3v) is 3.70. The Morgan fingerprint density at radius 3 is 2.60 bits per heavy atom. The second-order valence-electron chi connectivity index (χ2n) is 6.48. The molecular formula is C17H22FN3O4. The minimum absolute atomic E-state index is 0.00268. The zero-order valence-electron chi connectivity index (χ0n) is 14.3. The predicted octanol–water partition coefficient (Wildman–Crippen LogP) is 0.311. The van der Waals surface area contributed by atoms with Gasteiger partial charge in [-0.1, -0.05) is 13.8 Å². The van der Waals surface area contributed by atoms with Crippen LogP contribution in [-0.4, -0.2) is 47.3 Å². The molecule has 1 unspecified atom stereocenters. The molecular weight excluding hydrogens is 329 g/mol. The summed E-state index contributed by atoms with van der Waals surface area (Å²) in [7, 11) is 0. The van der Waals surface area contributed by atoms with Crippen molar-refractivity contribution in [1.82, 2.24) is 10.6 Å². The molecule has 1 rings (SSSR count). The number of hydrogen-bond acceptors (Lipinski definition) is 5. The van der Waals surface area contributed by atoms with Crippen molar-refractivity contribution >= 4 is 11.8 Å². The van der Waals surface area contributed by atoms with Gasteiger partial charge in [-0.15, -0.1) is 0 Å². The van der Waals surface area contributed by atoms with Gasteiger partial charge in [-0.05, 0) is 25.1 Å². The van der Waals surface area contributed by atoms with Gasteiger partial charge in [-0.3, -0.25) is 9.59 Å². The molecule has 0 aliphatic carbocycles. The van der Waals surface area contributed by atoms with E-state index in [0.717, 1.165) is 12.1 Å². The number of aliphatic hydroxyl groups excluding tert-OH is 2. The molecule has 2 amide bonds. The van der Waals surface area contributed by atoms with Crippen LogP contribution < -0.4 is 10.6 Å². The Bertz CT molecular complexity index is 685. The Balaban J connectivity index is 2.63. The second kappa shape index (κ2) is 8.55. The lowest BCUT2D eigenvalue weighted by molar-refractivity contribution is -0.137. The minimum Gasteiger partial charge on any atom is -0.396 e. The molecule has 0 aliphatic rings. The fraction of sp³-hybridized carbons (Fsp3) is 0.471. The lowest BCUT2D eigenvalue weighted by Gasteiger charge is -2.27. The number of benzene rings is 1. The van der Waals surface area contributed by atoms with Crippen molar-refractivity contribution in [3.63, 3.8) is 0 Å². The second-order valence-corrected chi connectivity index (χ2v) is 6.48. The van der Waals surface area contributed by atoms with E-state index >= 15 is 0 Å². The number of nitrogens with one attached hydrogen (secondary N) is 2. The molecule has 0 fully saturated rings. The minimum atomic E-state index is -1.41. The molecule has 0 heterocycles. The summed E-state index contributed by atoms with van der Waals surface area (Å²) in [6.07, 6.45) is -1.41. The summed E-state index contributed by atoms with van der Waals surface area (Å²) in [5.74, 6) is -2.15. The molecule has 0 saturated heterocycles. The van der Waals surface area contributed by atoms with Crippen LogP contribution in [0.25, 0.3) is 0 Å². The molecule has 1 aromatic carbocycles. The SMILES string of the molecule is C[C@@H](CNC(=O)C(O)C(C)(C)CO)NC(=O)c1cc(C#N)ccc1F. The normalized spacial score (nSPS) is 13.5. The first-order valence-corrected chi connectivity index (χ1v) is 7.69. The molecule has 0 spiro atoms. The highest BCUT2D eigenvalue weighted by Gasteiger charge is 2.33. The lowest BCUT2D eigenvalue weighted by atomic mass is 9.87. The van der Waals surface area contributed by atoms with Gasteiger partial charge >= 0.3 is 0 Å². The summed E-state index contributed by atoms with van der Waals surface area (Å²) in [6, 6.07) is 4.71. The van der Waals surface area contributed by atoms with Crippen molar-refractivity contribution in [1.29, 1.82) is 5.26 Å². The molecule has 0 aliphatic heterocycles. The Labute approximate surface area is 145 Å². The van der Waals surface area contributed by atoms with Gasteiger partial charge in [-0.25, -0.2) is 4.39 Å². The van der Waals surface area contributed by atoms with E-state index in [2.05, 4.69) is 10.6 Å². The van der Waals surface area contributed by atoms with E-state index in [1.807, 2.05) is 6.07 Å². The summed E-state index contributed by atoms with van der Waals surface area (Å²) < 4.78 is 13.7. The van der Waals surface area contributed by atoms with E-state index in [0.29, 0.717) is 0 Å². The third-order valence-electron chi connectivity index (χ3n) is 3.70. The van der Waals surface area contributed by atoms with Gasteiger partial charge in [0.15, 0.2) is 0 Å². The Morgan fingerprint density at radius 2 is 2.04 bits per heavy atom. The van der Waals surface area contributed by atoms with Gasteiger partial charge in [0.1, 0.15) is 11.9 Å². The van der Waals surface area contributed by atoms with Crippen LogP contribution in [0.3, 0.4) is 0 Å². The summed E-state index contributed by atoms with van der Waals surface area (Å²) in [5, 5.41) is 32.8. The molecule has 0 radical (unpaired) electrons. The van der Waals surface area contributed by atoms with Gasteiger partial charge < -0.3 is 20.8 Å². The van der Waals surface area contributed by atoms with Crippen molar-refractivity contribution in [2.45, 2.75) is 32.9 Å². The number of aliphatic hydroxyl groups is 2. The van der Waals surface area contributed by atoms with Crippen LogP contribution in [0.5, 0.6) is 0 Å². The van der Waals surface area contributed by atoms with Crippen LogP contribution in [0, 0.1) is 22.6 Å². The fourth-order valence-electron chi connectivity index (χ4n) is 1.91. The van der Waals surface area contributed by atoms with Gasteiger partial charge in [0.05, 0.1) is 23.8 Å². The molecule has 7 nitrogen and oxygen atoms in total. The molecule has 25 heavy (non-hydrogen) atoms.